The van der Waals surface area contributed by atoms with Gasteiger partial charge in [0.2, 0.25) is 6.41 Å². The second-order valence-electron chi connectivity index (χ2n) is 7.84. The Morgan fingerprint density at radius 3 is 2.61 bits per heavy atom. The maximum atomic E-state index is 12.2. The smallest absolute Gasteiger partial charge is 0.349 e. The lowest BCUT2D eigenvalue weighted by atomic mass is 10.0. The Hall–Kier alpha value is -3.03. The van der Waals surface area contributed by atoms with Crippen molar-refractivity contribution in [1.29, 1.82) is 0 Å². The van der Waals surface area contributed by atoms with Crippen LogP contribution in [0.1, 0.15) is 36.2 Å². The van der Waals surface area contributed by atoms with E-state index in [4.69, 9.17) is 21.3 Å². The molecule has 0 bridgehead atoms. The lowest BCUT2D eigenvalue weighted by Crippen LogP contribution is -2.34. The number of hydrogen-bond acceptors (Lipinski definition) is 4. The molecule has 0 spiro atoms. The third-order valence-corrected chi connectivity index (χ3v) is 5.78. The molecule has 8 heteroatoms. The van der Waals surface area contributed by atoms with E-state index in [0.717, 1.165) is 28.6 Å². The van der Waals surface area contributed by atoms with E-state index in [1.54, 1.807) is 0 Å². The zero-order valence-corrected chi connectivity index (χ0v) is 20.1. The molecule has 3 aromatic rings. The molecule has 2 aromatic carbocycles. The first-order valence-electron chi connectivity index (χ1n) is 11.0. The molecule has 1 unspecified atom stereocenters. The van der Waals surface area contributed by atoms with E-state index in [1.807, 2.05) is 42.7 Å². The third kappa shape index (κ3) is 6.06. The van der Waals surface area contributed by atoms with Gasteiger partial charge in [-0.3, -0.25) is 10.1 Å². The molecule has 1 heterocycles. The SMILES string of the molecule is CCOC(Cc1ccc(Cl)cc1)Cn1c(=NC(=O)NC=O)c(C)nc2cc(CC)c(C)cc21. The number of ether oxygens (including phenoxy) is 1. The monoisotopic (exact) mass is 468 g/mol. The molecule has 0 aliphatic carbocycles. The molecule has 0 aliphatic rings. The van der Waals surface area contributed by atoms with Crippen molar-refractivity contribution in [3.63, 3.8) is 0 Å². The Labute approximate surface area is 198 Å². The lowest BCUT2D eigenvalue weighted by molar-refractivity contribution is -0.108. The quantitative estimate of drug-likeness (QED) is 0.500. The van der Waals surface area contributed by atoms with Crippen molar-refractivity contribution < 1.29 is 14.3 Å². The van der Waals surface area contributed by atoms with Gasteiger partial charge in [-0.2, -0.15) is 4.99 Å². The Kier molecular flexibility index (Phi) is 8.36. The van der Waals surface area contributed by atoms with E-state index >= 15 is 0 Å². The molecular weight excluding hydrogens is 440 g/mol. The van der Waals surface area contributed by atoms with E-state index < -0.39 is 6.03 Å². The second-order valence-corrected chi connectivity index (χ2v) is 8.28. The number of amides is 3. The lowest BCUT2D eigenvalue weighted by Gasteiger charge is -2.22. The minimum Gasteiger partial charge on any atom is -0.376 e. The molecule has 0 saturated heterocycles. The van der Waals surface area contributed by atoms with Crippen molar-refractivity contribution in [1.82, 2.24) is 14.9 Å². The summed E-state index contributed by atoms with van der Waals surface area (Å²) in [5.74, 6) is 0. The maximum absolute atomic E-state index is 12.2. The van der Waals surface area contributed by atoms with Crippen molar-refractivity contribution in [2.75, 3.05) is 6.61 Å². The molecule has 3 rings (SSSR count). The normalized spacial score (nSPS) is 12.7. The summed E-state index contributed by atoms with van der Waals surface area (Å²) in [6, 6.07) is 11.1. The van der Waals surface area contributed by atoms with Crippen LogP contribution in [0.25, 0.3) is 11.0 Å². The highest BCUT2D eigenvalue weighted by atomic mass is 35.5. The van der Waals surface area contributed by atoms with E-state index in [9.17, 15) is 9.59 Å². The van der Waals surface area contributed by atoms with Gasteiger partial charge in [-0.15, -0.1) is 0 Å². The summed E-state index contributed by atoms with van der Waals surface area (Å²) in [6.07, 6.45) is 1.70. The minimum absolute atomic E-state index is 0.180. The van der Waals surface area contributed by atoms with Crippen molar-refractivity contribution in [2.24, 2.45) is 4.99 Å². The Bertz CT molecular complexity index is 1220. The maximum Gasteiger partial charge on any atom is 0.349 e. The zero-order chi connectivity index (χ0) is 24.0. The number of imide groups is 1. The zero-order valence-electron chi connectivity index (χ0n) is 19.4. The predicted molar refractivity (Wildman–Crippen MR) is 129 cm³/mol. The van der Waals surface area contributed by atoms with Gasteiger partial charge in [0.25, 0.3) is 0 Å². The molecule has 3 amide bonds. The van der Waals surface area contributed by atoms with Crippen LogP contribution in [0.2, 0.25) is 5.02 Å². The van der Waals surface area contributed by atoms with Crippen LogP contribution in [0.5, 0.6) is 0 Å². The van der Waals surface area contributed by atoms with Crippen molar-refractivity contribution in [3.05, 3.63) is 69.3 Å². The van der Waals surface area contributed by atoms with Crippen LogP contribution in [0.15, 0.2) is 41.4 Å². The Morgan fingerprint density at radius 2 is 1.97 bits per heavy atom. The molecule has 7 nitrogen and oxygen atoms in total. The van der Waals surface area contributed by atoms with Gasteiger partial charge in [0.05, 0.1) is 29.4 Å². The summed E-state index contributed by atoms with van der Waals surface area (Å²) in [4.78, 5) is 31.8. The van der Waals surface area contributed by atoms with Crippen LogP contribution in [-0.2, 0) is 28.9 Å². The fourth-order valence-electron chi connectivity index (χ4n) is 3.96. The third-order valence-electron chi connectivity index (χ3n) is 5.53. The summed E-state index contributed by atoms with van der Waals surface area (Å²) >= 11 is 6.04. The van der Waals surface area contributed by atoms with E-state index in [1.165, 1.54) is 5.56 Å². The van der Waals surface area contributed by atoms with Crippen LogP contribution >= 0.6 is 11.6 Å². The topological polar surface area (TPSA) is 85.6 Å². The van der Waals surface area contributed by atoms with Gasteiger partial charge in [0.1, 0.15) is 0 Å². The first-order valence-corrected chi connectivity index (χ1v) is 11.4. The number of urea groups is 1. The first kappa shape index (κ1) is 24.6. The number of rotatable bonds is 8. The highest BCUT2D eigenvalue weighted by Gasteiger charge is 2.17. The Morgan fingerprint density at radius 1 is 1.24 bits per heavy atom. The largest absolute Gasteiger partial charge is 0.376 e. The van der Waals surface area contributed by atoms with Crippen LogP contribution < -0.4 is 10.8 Å². The van der Waals surface area contributed by atoms with Crippen LogP contribution in [0.4, 0.5) is 4.79 Å². The van der Waals surface area contributed by atoms with Crippen LogP contribution in [0.3, 0.4) is 0 Å². The fraction of sp³-hybridized carbons (Fsp3) is 0.360. The number of benzene rings is 2. The highest BCUT2D eigenvalue weighted by Crippen LogP contribution is 2.20. The highest BCUT2D eigenvalue weighted by molar-refractivity contribution is 6.30. The molecule has 0 radical (unpaired) electrons. The van der Waals surface area contributed by atoms with Crippen molar-refractivity contribution >= 4 is 35.1 Å². The number of carbonyl (C=O) groups excluding carboxylic acids is 2. The average Bonchev–Trinajstić information content (AvgIpc) is 2.78. The predicted octanol–water partition coefficient (Wildman–Crippen LogP) is 4.28. The summed E-state index contributed by atoms with van der Waals surface area (Å²) < 4.78 is 8.04. The van der Waals surface area contributed by atoms with Gasteiger partial charge >= 0.3 is 6.03 Å². The summed E-state index contributed by atoms with van der Waals surface area (Å²) in [5.41, 5.74) is 6.11. The molecular formula is C25H29ClN4O3. The molecule has 174 valence electrons. The number of halogens is 1. The van der Waals surface area contributed by atoms with Gasteiger partial charge in [-0.25, -0.2) is 9.78 Å². The standard InChI is InChI=1S/C25H29ClN4O3/c1-5-19-13-22-23(11-16(19)3)30(24(17(4)28-22)29-25(32)27-15-31)14-21(33-6-2)12-18-7-9-20(26)10-8-18/h7-11,13,15,21H,5-6,12,14H2,1-4H3,(H,27,31,32). The fourth-order valence-corrected chi connectivity index (χ4v) is 4.08. The van der Waals surface area contributed by atoms with E-state index in [-0.39, 0.29) is 6.10 Å². The first-order chi connectivity index (χ1) is 15.9. The van der Waals surface area contributed by atoms with Gasteiger partial charge in [-0.1, -0.05) is 30.7 Å². The average molecular weight is 469 g/mol. The molecule has 33 heavy (non-hydrogen) atoms. The molecule has 1 atom stereocenters. The van der Waals surface area contributed by atoms with E-state index in [2.05, 4.69) is 36.3 Å². The van der Waals surface area contributed by atoms with Gasteiger partial charge in [0, 0.05) is 18.1 Å². The number of aromatic nitrogens is 2. The Balaban J connectivity index is 2.16. The van der Waals surface area contributed by atoms with Gasteiger partial charge in [0.15, 0.2) is 5.49 Å². The number of fused-ring (bicyclic) bond motifs is 1. The molecule has 1 N–H and O–H groups in total. The number of hydrogen-bond donors (Lipinski definition) is 1. The minimum atomic E-state index is -0.740. The van der Waals surface area contributed by atoms with Gasteiger partial charge < -0.3 is 9.30 Å². The van der Waals surface area contributed by atoms with Crippen molar-refractivity contribution in [3.8, 4) is 0 Å². The van der Waals surface area contributed by atoms with Crippen LogP contribution in [0, 0.1) is 13.8 Å². The number of aryl methyl sites for hydroxylation is 3. The number of nitrogens with one attached hydrogen (secondary N) is 1. The molecule has 0 saturated carbocycles. The van der Waals surface area contributed by atoms with Crippen LogP contribution in [-0.4, -0.2) is 34.7 Å². The second kappa shape index (κ2) is 11.2. The van der Waals surface area contributed by atoms with Gasteiger partial charge in [-0.05, 0) is 68.1 Å². The molecule has 0 fully saturated rings. The van der Waals surface area contributed by atoms with Crippen molar-refractivity contribution in [2.45, 2.75) is 53.2 Å². The number of carbonyl (C=O) groups is 2. The number of nitrogens with zero attached hydrogens (tertiary/aromatic N) is 3. The molecule has 1 aromatic heterocycles. The summed E-state index contributed by atoms with van der Waals surface area (Å²) in [5, 5.41) is 2.76. The molecule has 0 aliphatic heterocycles. The summed E-state index contributed by atoms with van der Waals surface area (Å²) in [7, 11) is 0. The van der Waals surface area contributed by atoms with E-state index in [0.29, 0.717) is 42.2 Å². The summed E-state index contributed by atoms with van der Waals surface area (Å²) in [6.45, 7) is 8.93.